The average Bonchev–Trinajstić information content (AvgIpc) is 2.60. The van der Waals surface area contributed by atoms with E-state index in [0.717, 1.165) is 11.4 Å². The van der Waals surface area contributed by atoms with Crippen LogP contribution in [0.5, 0.6) is 0 Å². The van der Waals surface area contributed by atoms with Crippen LogP contribution in [0.2, 0.25) is 0 Å². The first kappa shape index (κ1) is 11.9. The van der Waals surface area contributed by atoms with Crippen LogP contribution in [0.1, 0.15) is 16.1 Å². The van der Waals surface area contributed by atoms with E-state index in [1.165, 1.54) is 12.3 Å². The second-order valence-corrected chi connectivity index (χ2v) is 3.89. The second-order valence-electron chi connectivity index (χ2n) is 3.89. The number of carboxylic acids is 1. The number of hydrogen-bond acceptors (Lipinski definition) is 5. The third-order valence-corrected chi connectivity index (χ3v) is 2.43. The van der Waals surface area contributed by atoms with Gasteiger partial charge in [-0.1, -0.05) is 0 Å². The molecule has 4 N–H and O–H groups in total. The van der Waals surface area contributed by atoms with E-state index in [4.69, 9.17) is 10.8 Å². The van der Waals surface area contributed by atoms with Gasteiger partial charge in [0, 0.05) is 19.4 Å². The molecule has 0 unspecified atom stereocenters. The normalized spacial score (nSPS) is 10.3. The lowest BCUT2D eigenvalue weighted by atomic mass is 10.2. The van der Waals surface area contributed by atoms with Gasteiger partial charge in [-0.3, -0.25) is 4.68 Å². The van der Waals surface area contributed by atoms with Gasteiger partial charge in [0.05, 0.1) is 22.6 Å². The minimum atomic E-state index is -1.06. The van der Waals surface area contributed by atoms with Crippen LogP contribution in [0.4, 0.5) is 17.2 Å². The standard InChI is InChI=1S/C11H13N5O2/c1-6-9(5-16(2)15-6)14-10-8(12)3-7(4-13-10)11(17)18/h3-5H,12H2,1-2H3,(H,13,14)(H,17,18). The van der Waals surface area contributed by atoms with Crippen LogP contribution < -0.4 is 11.1 Å². The number of rotatable bonds is 3. The van der Waals surface area contributed by atoms with Gasteiger partial charge in [0.25, 0.3) is 0 Å². The highest BCUT2D eigenvalue weighted by molar-refractivity contribution is 5.89. The fourth-order valence-electron chi connectivity index (χ4n) is 1.55. The third-order valence-electron chi connectivity index (χ3n) is 2.43. The molecule has 0 aliphatic heterocycles. The van der Waals surface area contributed by atoms with E-state index in [-0.39, 0.29) is 11.3 Å². The van der Waals surface area contributed by atoms with Crippen molar-refractivity contribution in [2.45, 2.75) is 6.92 Å². The third kappa shape index (κ3) is 2.24. The molecule has 0 spiro atoms. The quantitative estimate of drug-likeness (QED) is 0.751. The fraction of sp³-hybridized carbons (Fsp3) is 0.182. The predicted octanol–water partition coefficient (Wildman–Crippen LogP) is 1.15. The van der Waals surface area contributed by atoms with Crippen molar-refractivity contribution in [3.63, 3.8) is 0 Å². The van der Waals surface area contributed by atoms with Crippen molar-refractivity contribution in [1.82, 2.24) is 14.8 Å². The first-order valence-corrected chi connectivity index (χ1v) is 5.23. The summed E-state index contributed by atoms with van der Waals surface area (Å²) in [6.07, 6.45) is 3.05. The highest BCUT2D eigenvalue weighted by Crippen LogP contribution is 2.23. The van der Waals surface area contributed by atoms with Gasteiger partial charge in [-0.05, 0) is 13.0 Å². The monoisotopic (exact) mass is 247 g/mol. The lowest BCUT2D eigenvalue weighted by molar-refractivity contribution is 0.0696. The Morgan fingerprint density at radius 3 is 2.78 bits per heavy atom. The Hall–Kier alpha value is -2.57. The summed E-state index contributed by atoms with van der Waals surface area (Å²) in [6.45, 7) is 1.85. The van der Waals surface area contributed by atoms with Crippen molar-refractivity contribution in [2.75, 3.05) is 11.1 Å². The smallest absolute Gasteiger partial charge is 0.337 e. The van der Waals surface area contributed by atoms with E-state index < -0.39 is 5.97 Å². The zero-order valence-electron chi connectivity index (χ0n) is 10.0. The minimum Gasteiger partial charge on any atom is -0.478 e. The molecule has 18 heavy (non-hydrogen) atoms. The summed E-state index contributed by atoms with van der Waals surface area (Å²) in [5.74, 6) is -0.644. The van der Waals surface area contributed by atoms with Gasteiger partial charge in [0.15, 0.2) is 5.82 Å². The van der Waals surface area contributed by atoms with Crippen LogP contribution in [0.3, 0.4) is 0 Å². The van der Waals surface area contributed by atoms with Gasteiger partial charge in [-0.25, -0.2) is 9.78 Å². The molecule has 2 aromatic rings. The molecule has 0 saturated heterocycles. The first-order chi connectivity index (χ1) is 8.47. The van der Waals surface area contributed by atoms with Gasteiger partial charge in [-0.15, -0.1) is 0 Å². The molecule has 94 valence electrons. The number of aromatic carboxylic acids is 1. The maximum atomic E-state index is 10.8. The summed E-state index contributed by atoms with van der Waals surface area (Å²) in [5.41, 5.74) is 7.66. The van der Waals surface area contributed by atoms with Gasteiger partial charge in [0.2, 0.25) is 0 Å². The molecule has 0 aliphatic rings. The van der Waals surface area contributed by atoms with Crippen molar-refractivity contribution in [3.8, 4) is 0 Å². The number of aromatic nitrogens is 3. The van der Waals surface area contributed by atoms with E-state index in [1.807, 2.05) is 14.0 Å². The Bertz CT molecular complexity index is 605. The Balaban J connectivity index is 2.30. The number of pyridine rings is 1. The molecule has 0 aromatic carbocycles. The predicted molar refractivity (Wildman–Crippen MR) is 66.8 cm³/mol. The van der Waals surface area contributed by atoms with Crippen LogP contribution >= 0.6 is 0 Å². The van der Waals surface area contributed by atoms with E-state index >= 15 is 0 Å². The number of carboxylic acid groups (broad SMARTS) is 1. The van der Waals surface area contributed by atoms with Crippen LogP contribution in [-0.4, -0.2) is 25.8 Å². The number of aryl methyl sites for hydroxylation is 2. The Kier molecular flexibility index (Phi) is 2.88. The number of carbonyl (C=O) groups is 1. The minimum absolute atomic E-state index is 0.0564. The van der Waals surface area contributed by atoms with E-state index in [9.17, 15) is 4.79 Å². The van der Waals surface area contributed by atoms with Crippen molar-refractivity contribution in [2.24, 2.45) is 7.05 Å². The first-order valence-electron chi connectivity index (χ1n) is 5.23. The summed E-state index contributed by atoms with van der Waals surface area (Å²) in [4.78, 5) is 14.7. The Morgan fingerprint density at radius 2 is 2.28 bits per heavy atom. The summed E-state index contributed by atoms with van der Waals surface area (Å²) in [5, 5.41) is 16.0. The van der Waals surface area contributed by atoms with Gasteiger partial charge in [0.1, 0.15) is 0 Å². The van der Waals surface area contributed by atoms with Crippen molar-refractivity contribution < 1.29 is 9.90 Å². The molecule has 0 atom stereocenters. The van der Waals surface area contributed by atoms with Gasteiger partial charge in [-0.2, -0.15) is 5.10 Å². The van der Waals surface area contributed by atoms with Crippen LogP contribution in [-0.2, 0) is 7.05 Å². The number of anilines is 3. The fourth-order valence-corrected chi connectivity index (χ4v) is 1.55. The molecule has 2 rings (SSSR count). The number of nitrogens with two attached hydrogens (primary N) is 1. The molecule has 0 amide bonds. The average molecular weight is 247 g/mol. The van der Waals surface area contributed by atoms with E-state index in [1.54, 1.807) is 10.9 Å². The lowest BCUT2D eigenvalue weighted by Gasteiger charge is -2.07. The molecule has 7 nitrogen and oxygen atoms in total. The number of nitrogen functional groups attached to an aromatic ring is 1. The number of hydrogen-bond donors (Lipinski definition) is 3. The SMILES string of the molecule is Cc1nn(C)cc1Nc1ncc(C(=O)O)cc1N. The molecule has 2 aromatic heterocycles. The van der Waals surface area contributed by atoms with E-state index in [2.05, 4.69) is 15.4 Å². The molecule has 2 heterocycles. The second kappa shape index (κ2) is 4.36. The van der Waals surface area contributed by atoms with Crippen LogP contribution in [0.25, 0.3) is 0 Å². The van der Waals surface area contributed by atoms with Crippen molar-refractivity contribution in [3.05, 3.63) is 29.7 Å². The van der Waals surface area contributed by atoms with Gasteiger partial charge >= 0.3 is 5.97 Å². The van der Waals surface area contributed by atoms with E-state index in [0.29, 0.717) is 5.82 Å². The zero-order valence-corrected chi connectivity index (χ0v) is 10.0. The molecule has 0 bridgehead atoms. The molecule has 0 fully saturated rings. The Morgan fingerprint density at radius 1 is 1.56 bits per heavy atom. The van der Waals surface area contributed by atoms with Crippen LogP contribution in [0.15, 0.2) is 18.5 Å². The molecule has 0 radical (unpaired) electrons. The molecule has 0 saturated carbocycles. The molecule has 0 aliphatic carbocycles. The molecular formula is C11H13N5O2. The molecular weight excluding hydrogens is 234 g/mol. The van der Waals surface area contributed by atoms with Crippen molar-refractivity contribution >= 4 is 23.2 Å². The summed E-state index contributed by atoms with van der Waals surface area (Å²) >= 11 is 0. The number of nitrogens with zero attached hydrogens (tertiary/aromatic N) is 3. The largest absolute Gasteiger partial charge is 0.478 e. The summed E-state index contributed by atoms with van der Waals surface area (Å²) < 4.78 is 1.67. The Labute approximate surface area is 103 Å². The van der Waals surface area contributed by atoms with Crippen LogP contribution in [0, 0.1) is 6.92 Å². The topological polar surface area (TPSA) is 106 Å². The highest BCUT2D eigenvalue weighted by atomic mass is 16.4. The van der Waals surface area contributed by atoms with Gasteiger partial charge < -0.3 is 16.2 Å². The lowest BCUT2D eigenvalue weighted by Crippen LogP contribution is -2.04. The number of nitrogens with one attached hydrogen (secondary N) is 1. The molecule has 7 heteroatoms. The zero-order chi connectivity index (χ0) is 13.3. The maximum absolute atomic E-state index is 10.8. The summed E-state index contributed by atoms with van der Waals surface area (Å²) in [6, 6.07) is 1.36. The summed E-state index contributed by atoms with van der Waals surface area (Å²) in [7, 11) is 1.81. The van der Waals surface area contributed by atoms with Crippen molar-refractivity contribution in [1.29, 1.82) is 0 Å². The maximum Gasteiger partial charge on any atom is 0.337 e. The highest BCUT2D eigenvalue weighted by Gasteiger charge is 2.10.